The lowest BCUT2D eigenvalue weighted by Gasteiger charge is -2.31. The van der Waals surface area contributed by atoms with Crippen LogP contribution in [-0.4, -0.2) is 31.1 Å². The minimum absolute atomic E-state index is 0.123. The van der Waals surface area contributed by atoms with Crippen molar-refractivity contribution in [3.05, 3.63) is 77.4 Å². The summed E-state index contributed by atoms with van der Waals surface area (Å²) in [5.41, 5.74) is 3.67. The van der Waals surface area contributed by atoms with Gasteiger partial charge in [-0.25, -0.2) is 0 Å². The van der Waals surface area contributed by atoms with Gasteiger partial charge in [0.05, 0.1) is 13.0 Å². The second-order valence-corrected chi connectivity index (χ2v) is 10.1. The number of carbonyl (C=O) groups excluding carboxylic acids is 2. The highest BCUT2D eigenvalue weighted by Gasteiger charge is 2.39. The highest BCUT2D eigenvalue weighted by atomic mass is 16.5. The molecule has 3 aromatic rings. The lowest BCUT2D eigenvalue weighted by molar-refractivity contribution is -0.151. The van der Waals surface area contributed by atoms with Crippen molar-refractivity contribution in [2.45, 2.75) is 53.2 Å². The number of benzene rings is 3. The molecule has 1 aliphatic heterocycles. The zero-order valence-corrected chi connectivity index (χ0v) is 20.6. The smallest absolute Gasteiger partial charge is 0.308 e. The summed E-state index contributed by atoms with van der Waals surface area (Å²) in [5, 5.41) is 2.16. The van der Waals surface area contributed by atoms with Crippen molar-refractivity contribution in [2.75, 3.05) is 18.1 Å². The van der Waals surface area contributed by atoms with Crippen molar-refractivity contribution in [1.29, 1.82) is 0 Å². The molecular formula is C29H33NO4. The van der Waals surface area contributed by atoms with Crippen molar-refractivity contribution in [2.24, 2.45) is 5.41 Å². The van der Waals surface area contributed by atoms with Gasteiger partial charge in [0.15, 0.2) is 0 Å². The number of anilines is 1. The summed E-state index contributed by atoms with van der Waals surface area (Å²) >= 11 is 0. The normalized spacial score (nSPS) is 18.5. The number of nitrogens with zero attached hydrogens (tertiary/aromatic N) is 1. The van der Waals surface area contributed by atoms with Crippen LogP contribution in [-0.2, 0) is 19.1 Å². The van der Waals surface area contributed by atoms with Crippen LogP contribution in [0.4, 0.5) is 5.69 Å². The third-order valence-corrected chi connectivity index (χ3v) is 5.99. The van der Waals surface area contributed by atoms with Crippen molar-refractivity contribution >= 4 is 28.3 Å². The molecule has 0 fully saturated rings. The number of fused-ring (bicyclic) bond motifs is 2. The summed E-state index contributed by atoms with van der Waals surface area (Å²) in [5.74, 6) is -0.647. The largest absolute Gasteiger partial charge is 0.466 e. The number of esters is 1. The quantitative estimate of drug-likeness (QED) is 0.441. The summed E-state index contributed by atoms with van der Waals surface area (Å²) in [6.07, 6.45) is -1.57. The van der Waals surface area contributed by atoms with Crippen molar-refractivity contribution < 1.29 is 19.1 Å². The molecule has 4 rings (SSSR count). The van der Waals surface area contributed by atoms with Gasteiger partial charge in [-0.1, -0.05) is 80.9 Å². The van der Waals surface area contributed by atoms with Gasteiger partial charge in [-0.05, 0) is 41.7 Å². The van der Waals surface area contributed by atoms with Crippen LogP contribution in [0, 0.1) is 12.3 Å². The molecule has 0 saturated carbocycles. The SMILES string of the molecule is CCOC(=O)C[C@H]1O[C@H](c2cccc3ccccc23)c2cc(C)ccc2N(CC(C)(C)C)C1=O. The first-order chi connectivity index (χ1) is 16.2. The molecule has 2 atom stereocenters. The van der Waals surface area contributed by atoms with E-state index in [0.717, 1.165) is 33.2 Å². The van der Waals surface area contributed by atoms with Crippen LogP contribution in [0.1, 0.15) is 56.9 Å². The van der Waals surface area contributed by atoms with Gasteiger partial charge in [0.1, 0.15) is 12.2 Å². The van der Waals surface area contributed by atoms with E-state index in [-0.39, 0.29) is 24.3 Å². The number of rotatable bonds is 5. The van der Waals surface area contributed by atoms with Crippen LogP contribution in [0.5, 0.6) is 0 Å². The topological polar surface area (TPSA) is 55.8 Å². The Morgan fingerprint density at radius 3 is 2.50 bits per heavy atom. The van der Waals surface area contributed by atoms with Gasteiger partial charge in [-0.15, -0.1) is 0 Å². The zero-order valence-electron chi connectivity index (χ0n) is 20.6. The van der Waals surface area contributed by atoms with E-state index in [1.165, 1.54) is 0 Å². The summed E-state index contributed by atoms with van der Waals surface area (Å²) in [4.78, 5) is 28.1. The fourth-order valence-electron chi connectivity index (χ4n) is 4.58. The van der Waals surface area contributed by atoms with E-state index in [1.807, 2.05) is 43.3 Å². The van der Waals surface area contributed by atoms with E-state index in [2.05, 4.69) is 45.0 Å². The number of aryl methyl sites for hydroxylation is 1. The van der Waals surface area contributed by atoms with Gasteiger partial charge >= 0.3 is 5.97 Å². The molecule has 0 N–H and O–H groups in total. The molecule has 1 heterocycles. The van der Waals surface area contributed by atoms with E-state index in [0.29, 0.717) is 6.54 Å². The van der Waals surface area contributed by atoms with Crippen LogP contribution >= 0.6 is 0 Å². The monoisotopic (exact) mass is 459 g/mol. The third-order valence-electron chi connectivity index (χ3n) is 5.99. The molecule has 5 heteroatoms. The molecule has 178 valence electrons. The summed E-state index contributed by atoms with van der Waals surface area (Å²) < 4.78 is 11.8. The molecule has 1 amide bonds. The molecule has 0 saturated heterocycles. The predicted octanol–water partition coefficient (Wildman–Crippen LogP) is 5.97. The molecule has 0 aliphatic carbocycles. The van der Waals surface area contributed by atoms with Crippen molar-refractivity contribution in [1.82, 2.24) is 0 Å². The van der Waals surface area contributed by atoms with Gasteiger partial charge in [-0.2, -0.15) is 0 Å². The predicted molar refractivity (Wildman–Crippen MR) is 135 cm³/mol. The molecule has 5 nitrogen and oxygen atoms in total. The maximum absolute atomic E-state index is 13.8. The molecule has 0 spiro atoms. The first-order valence-corrected chi connectivity index (χ1v) is 11.9. The van der Waals surface area contributed by atoms with Crippen LogP contribution in [0.2, 0.25) is 0 Å². The highest BCUT2D eigenvalue weighted by molar-refractivity contribution is 6.00. The summed E-state index contributed by atoms with van der Waals surface area (Å²) in [6.45, 7) is 10.9. The molecule has 3 aromatic carbocycles. The Labute approximate surface area is 201 Å². The van der Waals surface area contributed by atoms with E-state index >= 15 is 0 Å². The average molecular weight is 460 g/mol. The van der Waals surface area contributed by atoms with E-state index in [4.69, 9.17) is 9.47 Å². The maximum atomic E-state index is 13.8. The number of hydrogen-bond acceptors (Lipinski definition) is 4. The first kappa shape index (κ1) is 24.0. The van der Waals surface area contributed by atoms with E-state index < -0.39 is 18.2 Å². The minimum atomic E-state index is -0.946. The van der Waals surface area contributed by atoms with Gasteiger partial charge < -0.3 is 14.4 Å². The number of ether oxygens (including phenoxy) is 2. The number of carbonyl (C=O) groups is 2. The number of amides is 1. The molecule has 0 bridgehead atoms. The molecule has 0 aromatic heterocycles. The summed E-state index contributed by atoms with van der Waals surface area (Å²) in [6, 6.07) is 20.4. The van der Waals surface area contributed by atoms with Crippen LogP contribution in [0.15, 0.2) is 60.7 Å². The Hall–Kier alpha value is -3.18. The fraction of sp³-hybridized carbons (Fsp3) is 0.379. The molecule has 0 radical (unpaired) electrons. The van der Waals surface area contributed by atoms with Crippen molar-refractivity contribution in [3.8, 4) is 0 Å². The lowest BCUT2D eigenvalue weighted by Crippen LogP contribution is -2.44. The van der Waals surface area contributed by atoms with Gasteiger partial charge in [-0.3, -0.25) is 9.59 Å². The Balaban J connectivity index is 1.91. The second-order valence-electron chi connectivity index (χ2n) is 10.1. The first-order valence-electron chi connectivity index (χ1n) is 11.9. The van der Waals surface area contributed by atoms with Crippen LogP contribution < -0.4 is 4.90 Å². The zero-order chi connectivity index (χ0) is 24.5. The molecular weight excluding hydrogens is 426 g/mol. The number of hydrogen-bond donors (Lipinski definition) is 0. The minimum Gasteiger partial charge on any atom is -0.466 e. The molecule has 34 heavy (non-hydrogen) atoms. The molecule has 1 aliphatic rings. The highest BCUT2D eigenvalue weighted by Crippen LogP contribution is 2.42. The average Bonchev–Trinajstić information content (AvgIpc) is 2.88. The van der Waals surface area contributed by atoms with Gasteiger partial charge in [0.2, 0.25) is 0 Å². The maximum Gasteiger partial charge on any atom is 0.308 e. The lowest BCUT2D eigenvalue weighted by atomic mass is 9.92. The standard InChI is InChI=1S/C29H33NO4/c1-6-33-26(31)17-25-28(32)30(18-29(3,4)5)24-15-14-19(2)16-23(24)27(34-25)22-13-9-11-20-10-7-8-12-21(20)22/h7-16,25,27H,6,17-18H2,1-5H3/t25-,27-/m1/s1. The Kier molecular flexibility index (Phi) is 6.76. The van der Waals surface area contributed by atoms with Crippen LogP contribution in [0.25, 0.3) is 10.8 Å². The Bertz CT molecular complexity index is 1200. The third kappa shape index (κ3) is 5.00. The van der Waals surface area contributed by atoms with Gasteiger partial charge in [0.25, 0.3) is 5.91 Å². The van der Waals surface area contributed by atoms with E-state index in [1.54, 1.807) is 11.8 Å². The van der Waals surface area contributed by atoms with E-state index in [9.17, 15) is 9.59 Å². The Morgan fingerprint density at radius 2 is 1.76 bits per heavy atom. The van der Waals surface area contributed by atoms with Crippen LogP contribution in [0.3, 0.4) is 0 Å². The van der Waals surface area contributed by atoms with Gasteiger partial charge in [0, 0.05) is 17.8 Å². The van der Waals surface area contributed by atoms with Crippen molar-refractivity contribution in [3.63, 3.8) is 0 Å². The Morgan fingerprint density at radius 1 is 1.03 bits per heavy atom. The summed E-state index contributed by atoms with van der Waals surface area (Å²) in [7, 11) is 0. The second kappa shape index (κ2) is 9.59. The fourth-order valence-corrected chi connectivity index (χ4v) is 4.58. The molecule has 0 unspecified atom stereocenters.